The lowest BCUT2D eigenvalue weighted by Gasteiger charge is -2.09. The van der Waals surface area contributed by atoms with Crippen LogP contribution in [0.2, 0.25) is 5.02 Å². The monoisotopic (exact) mass is 301 g/mol. The Balaban J connectivity index is 2.36. The molecule has 0 aliphatic heterocycles. The number of benzene rings is 2. The van der Waals surface area contributed by atoms with Crippen molar-refractivity contribution < 1.29 is 17.9 Å². The van der Waals surface area contributed by atoms with Gasteiger partial charge in [-0.15, -0.1) is 0 Å². The second-order valence-electron chi connectivity index (χ2n) is 3.72. The summed E-state index contributed by atoms with van der Waals surface area (Å²) >= 11 is 5.66. The van der Waals surface area contributed by atoms with Gasteiger partial charge in [0.2, 0.25) is 0 Å². The maximum absolute atomic E-state index is 13.0. The van der Waals surface area contributed by atoms with Crippen LogP contribution in [0.25, 0.3) is 0 Å². The van der Waals surface area contributed by atoms with E-state index in [0.29, 0.717) is 5.02 Å². The highest BCUT2D eigenvalue weighted by Crippen LogP contribution is 2.26. The summed E-state index contributed by atoms with van der Waals surface area (Å²) in [6, 6.07) is 8.43. The molecule has 0 spiro atoms. The number of aromatic hydroxyl groups is 1. The summed E-state index contributed by atoms with van der Waals surface area (Å²) in [6.07, 6.45) is 0. The summed E-state index contributed by atoms with van der Waals surface area (Å²) in [5.41, 5.74) is -0.227. The summed E-state index contributed by atoms with van der Waals surface area (Å²) in [5, 5.41) is 9.87. The van der Waals surface area contributed by atoms with Crippen molar-refractivity contribution in [3.63, 3.8) is 0 Å². The molecular formula is C12H9ClFNO3S. The summed E-state index contributed by atoms with van der Waals surface area (Å²) in [7, 11) is -3.90. The van der Waals surface area contributed by atoms with Gasteiger partial charge in [-0.25, -0.2) is 12.8 Å². The van der Waals surface area contributed by atoms with Gasteiger partial charge in [0.15, 0.2) is 0 Å². The third kappa shape index (κ3) is 3.15. The standard InChI is InChI=1S/C12H9ClFNO3S/c13-8-1-4-10(5-2-8)19(17,18)15-11-7-9(14)3-6-12(11)16/h1-7,15-16H. The van der Waals surface area contributed by atoms with E-state index in [9.17, 15) is 17.9 Å². The zero-order valence-electron chi connectivity index (χ0n) is 9.47. The van der Waals surface area contributed by atoms with E-state index >= 15 is 0 Å². The number of phenolic OH excluding ortho intramolecular Hbond substituents is 1. The summed E-state index contributed by atoms with van der Waals surface area (Å²) in [6.45, 7) is 0. The third-order valence-corrected chi connectivity index (χ3v) is 3.96. The molecule has 0 bridgehead atoms. The average Bonchev–Trinajstić information content (AvgIpc) is 2.34. The van der Waals surface area contributed by atoms with Gasteiger partial charge >= 0.3 is 0 Å². The number of rotatable bonds is 3. The van der Waals surface area contributed by atoms with E-state index in [0.717, 1.165) is 18.2 Å². The van der Waals surface area contributed by atoms with E-state index in [4.69, 9.17) is 11.6 Å². The van der Waals surface area contributed by atoms with Crippen LogP contribution >= 0.6 is 11.6 Å². The fourth-order valence-electron chi connectivity index (χ4n) is 1.41. The Morgan fingerprint density at radius 3 is 2.37 bits per heavy atom. The molecule has 0 atom stereocenters. The lowest BCUT2D eigenvalue weighted by atomic mass is 10.3. The molecule has 19 heavy (non-hydrogen) atoms. The summed E-state index contributed by atoms with van der Waals surface area (Å²) in [5.74, 6) is -1.02. The van der Waals surface area contributed by atoms with Gasteiger partial charge in [-0.1, -0.05) is 11.6 Å². The molecule has 0 aliphatic rings. The number of hydrogen-bond acceptors (Lipinski definition) is 3. The molecule has 0 unspecified atom stereocenters. The predicted molar refractivity (Wildman–Crippen MR) is 70.3 cm³/mol. The van der Waals surface area contributed by atoms with Gasteiger partial charge < -0.3 is 5.11 Å². The van der Waals surface area contributed by atoms with E-state index < -0.39 is 15.8 Å². The number of phenols is 1. The zero-order chi connectivity index (χ0) is 14.0. The first-order chi connectivity index (χ1) is 8.88. The lowest BCUT2D eigenvalue weighted by Crippen LogP contribution is -2.13. The first-order valence-corrected chi connectivity index (χ1v) is 7.01. The minimum Gasteiger partial charge on any atom is -0.506 e. The normalized spacial score (nSPS) is 11.3. The summed E-state index contributed by atoms with van der Waals surface area (Å²) < 4.78 is 39.1. The predicted octanol–water partition coefficient (Wildman–Crippen LogP) is 2.99. The second-order valence-corrected chi connectivity index (χ2v) is 5.84. The van der Waals surface area contributed by atoms with Crippen molar-refractivity contribution in [2.75, 3.05) is 4.72 Å². The first kappa shape index (κ1) is 13.6. The molecule has 0 saturated heterocycles. The van der Waals surface area contributed by atoms with Crippen LogP contribution in [-0.4, -0.2) is 13.5 Å². The van der Waals surface area contributed by atoms with Crippen molar-refractivity contribution in [3.05, 3.63) is 53.3 Å². The van der Waals surface area contributed by atoms with Crippen molar-refractivity contribution in [2.24, 2.45) is 0 Å². The highest BCUT2D eigenvalue weighted by Gasteiger charge is 2.16. The first-order valence-electron chi connectivity index (χ1n) is 5.15. The fraction of sp³-hybridized carbons (Fsp3) is 0. The highest BCUT2D eigenvalue weighted by molar-refractivity contribution is 7.92. The SMILES string of the molecule is O=S(=O)(Nc1cc(F)ccc1O)c1ccc(Cl)cc1. The minimum atomic E-state index is -3.90. The molecule has 0 heterocycles. The second kappa shape index (κ2) is 5.07. The van der Waals surface area contributed by atoms with Crippen molar-refractivity contribution >= 4 is 27.3 Å². The molecule has 2 aromatic carbocycles. The quantitative estimate of drug-likeness (QED) is 0.857. The van der Waals surface area contributed by atoms with Gasteiger partial charge in [0.1, 0.15) is 11.6 Å². The molecule has 4 nitrogen and oxygen atoms in total. The summed E-state index contributed by atoms with van der Waals surface area (Å²) in [4.78, 5) is -0.0411. The molecule has 100 valence electrons. The number of nitrogens with one attached hydrogen (secondary N) is 1. The molecule has 0 saturated carbocycles. The van der Waals surface area contributed by atoms with Crippen molar-refractivity contribution in [1.82, 2.24) is 0 Å². The van der Waals surface area contributed by atoms with Gasteiger partial charge in [0.25, 0.3) is 10.0 Å². The average molecular weight is 302 g/mol. The number of halogens is 2. The van der Waals surface area contributed by atoms with Crippen LogP contribution in [0.5, 0.6) is 5.75 Å². The molecule has 2 rings (SSSR count). The van der Waals surface area contributed by atoms with Gasteiger partial charge in [0, 0.05) is 11.1 Å². The topological polar surface area (TPSA) is 66.4 Å². The van der Waals surface area contributed by atoms with Crippen LogP contribution in [0.1, 0.15) is 0 Å². The van der Waals surface area contributed by atoms with E-state index in [1.807, 2.05) is 0 Å². The molecule has 0 amide bonds. The smallest absolute Gasteiger partial charge is 0.262 e. The van der Waals surface area contributed by atoms with Crippen LogP contribution in [-0.2, 0) is 10.0 Å². The third-order valence-electron chi connectivity index (χ3n) is 2.33. The van der Waals surface area contributed by atoms with Crippen LogP contribution < -0.4 is 4.72 Å². The largest absolute Gasteiger partial charge is 0.506 e. The Morgan fingerprint density at radius 1 is 1.11 bits per heavy atom. The maximum atomic E-state index is 13.0. The van der Waals surface area contributed by atoms with Crippen molar-refractivity contribution in [3.8, 4) is 5.75 Å². The Morgan fingerprint density at radius 2 is 1.74 bits per heavy atom. The van der Waals surface area contributed by atoms with E-state index in [1.165, 1.54) is 24.3 Å². The number of hydrogen-bond donors (Lipinski definition) is 2. The van der Waals surface area contributed by atoms with Crippen molar-refractivity contribution in [2.45, 2.75) is 4.90 Å². The van der Waals surface area contributed by atoms with E-state index in [2.05, 4.69) is 4.72 Å². The van der Waals surface area contributed by atoms with Gasteiger partial charge in [0.05, 0.1) is 10.6 Å². The molecule has 2 N–H and O–H groups in total. The fourth-order valence-corrected chi connectivity index (χ4v) is 2.60. The molecule has 2 aromatic rings. The molecule has 7 heteroatoms. The molecule has 0 aromatic heterocycles. The van der Waals surface area contributed by atoms with Gasteiger partial charge in [-0.3, -0.25) is 4.72 Å². The Bertz CT molecular complexity index is 701. The molecular weight excluding hydrogens is 293 g/mol. The molecule has 0 radical (unpaired) electrons. The maximum Gasteiger partial charge on any atom is 0.262 e. The Hall–Kier alpha value is -1.79. The van der Waals surface area contributed by atoms with Crippen LogP contribution in [0.15, 0.2) is 47.4 Å². The van der Waals surface area contributed by atoms with Gasteiger partial charge in [-0.05, 0) is 36.4 Å². The highest BCUT2D eigenvalue weighted by atomic mass is 35.5. The van der Waals surface area contributed by atoms with Crippen LogP contribution in [0.3, 0.4) is 0 Å². The number of sulfonamides is 1. The van der Waals surface area contributed by atoms with Crippen LogP contribution in [0.4, 0.5) is 10.1 Å². The van der Waals surface area contributed by atoms with Crippen LogP contribution in [0, 0.1) is 5.82 Å². The number of anilines is 1. The molecule has 0 fully saturated rings. The van der Waals surface area contributed by atoms with Gasteiger partial charge in [-0.2, -0.15) is 0 Å². The Labute approximate surface area is 114 Å². The molecule has 0 aliphatic carbocycles. The Kier molecular flexibility index (Phi) is 3.64. The van der Waals surface area contributed by atoms with E-state index in [-0.39, 0.29) is 16.3 Å². The minimum absolute atomic E-state index is 0.0411. The zero-order valence-corrected chi connectivity index (χ0v) is 11.0. The lowest BCUT2D eigenvalue weighted by molar-refractivity contribution is 0.475. The van der Waals surface area contributed by atoms with Crippen molar-refractivity contribution in [1.29, 1.82) is 0 Å². The van der Waals surface area contributed by atoms with E-state index in [1.54, 1.807) is 0 Å².